The van der Waals surface area contributed by atoms with Crippen molar-refractivity contribution >= 4 is 22.2 Å². The first kappa shape index (κ1) is 14.6. The summed E-state index contributed by atoms with van der Waals surface area (Å²) < 4.78 is 12.3. The zero-order valence-electron chi connectivity index (χ0n) is 11.1. The van der Waals surface area contributed by atoms with Gasteiger partial charge in [0.05, 0.1) is 6.61 Å². The van der Waals surface area contributed by atoms with Crippen LogP contribution < -0.4 is 9.47 Å². The third-order valence-electron chi connectivity index (χ3n) is 2.69. The van der Waals surface area contributed by atoms with Crippen molar-refractivity contribution in [2.45, 2.75) is 13.5 Å². The van der Waals surface area contributed by atoms with Crippen LogP contribution in [0.2, 0.25) is 0 Å². The molecule has 0 aliphatic heterocycles. The molecule has 0 spiro atoms. The summed E-state index contributed by atoms with van der Waals surface area (Å²) in [5.74, 6) is 1.23. The highest BCUT2D eigenvalue weighted by atomic mass is 79.9. The number of halogens is 1. The fraction of sp³-hybridized carbons (Fsp3) is 0.188. The Labute approximate surface area is 126 Å². The molecule has 104 valence electrons. The zero-order valence-corrected chi connectivity index (χ0v) is 12.7. The summed E-state index contributed by atoms with van der Waals surface area (Å²) in [4.78, 5) is 10.8. The quantitative estimate of drug-likeness (QED) is 0.741. The summed E-state index contributed by atoms with van der Waals surface area (Å²) in [6.45, 7) is 2.86. The molecule has 0 atom stereocenters. The van der Waals surface area contributed by atoms with E-state index in [1.165, 1.54) is 0 Å². The Balaban J connectivity index is 2.14. The van der Waals surface area contributed by atoms with E-state index in [-0.39, 0.29) is 0 Å². The minimum Gasteiger partial charge on any atom is -0.490 e. The second-order valence-corrected chi connectivity index (χ2v) is 5.09. The van der Waals surface area contributed by atoms with E-state index in [9.17, 15) is 4.79 Å². The summed E-state index contributed by atoms with van der Waals surface area (Å²) >= 11 is 3.43. The standard InChI is InChI=1S/C16H15BrO3/c1-2-19-16-9-12(10-18)6-7-15(16)20-11-13-4-3-5-14(17)8-13/h3-10H,2,11H2,1H3. The average molecular weight is 335 g/mol. The van der Waals surface area contributed by atoms with E-state index < -0.39 is 0 Å². The molecule has 0 fully saturated rings. The number of aldehydes is 1. The molecule has 0 aliphatic rings. The molecule has 4 heteroatoms. The third kappa shape index (κ3) is 3.84. The van der Waals surface area contributed by atoms with Crippen LogP contribution in [0.25, 0.3) is 0 Å². The Morgan fingerprint density at radius 2 is 1.95 bits per heavy atom. The van der Waals surface area contributed by atoms with Crippen molar-refractivity contribution < 1.29 is 14.3 Å². The molecule has 0 aliphatic carbocycles. The number of rotatable bonds is 6. The lowest BCUT2D eigenvalue weighted by Crippen LogP contribution is -2.00. The number of carbonyl (C=O) groups excluding carboxylic acids is 1. The fourth-order valence-electron chi connectivity index (χ4n) is 1.77. The monoisotopic (exact) mass is 334 g/mol. The molecule has 0 amide bonds. The Morgan fingerprint density at radius 3 is 2.65 bits per heavy atom. The molecule has 0 bridgehead atoms. The minimum absolute atomic E-state index is 0.444. The Hall–Kier alpha value is -1.81. The first-order valence-corrected chi connectivity index (χ1v) is 7.11. The van der Waals surface area contributed by atoms with Crippen LogP contribution in [0.3, 0.4) is 0 Å². The molecule has 0 N–H and O–H groups in total. The molecular weight excluding hydrogens is 320 g/mol. The molecular formula is C16H15BrO3. The third-order valence-corrected chi connectivity index (χ3v) is 3.18. The van der Waals surface area contributed by atoms with Gasteiger partial charge in [0.15, 0.2) is 11.5 Å². The first-order valence-electron chi connectivity index (χ1n) is 6.32. The Morgan fingerprint density at radius 1 is 1.10 bits per heavy atom. The number of carbonyl (C=O) groups is 1. The lowest BCUT2D eigenvalue weighted by atomic mass is 10.2. The number of hydrogen-bond acceptors (Lipinski definition) is 3. The van der Waals surface area contributed by atoms with Gasteiger partial charge in [-0.1, -0.05) is 28.1 Å². The van der Waals surface area contributed by atoms with Crippen LogP contribution in [0.4, 0.5) is 0 Å². The highest BCUT2D eigenvalue weighted by Crippen LogP contribution is 2.29. The maximum Gasteiger partial charge on any atom is 0.161 e. The van der Waals surface area contributed by atoms with Crippen molar-refractivity contribution in [3.8, 4) is 11.5 Å². The van der Waals surface area contributed by atoms with Crippen molar-refractivity contribution in [1.29, 1.82) is 0 Å². The minimum atomic E-state index is 0.444. The second kappa shape index (κ2) is 7.10. The van der Waals surface area contributed by atoms with Gasteiger partial charge in [0.1, 0.15) is 12.9 Å². The Kier molecular flexibility index (Phi) is 5.18. The highest BCUT2D eigenvalue weighted by molar-refractivity contribution is 9.10. The fourth-order valence-corrected chi connectivity index (χ4v) is 2.22. The summed E-state index contributed by atoms with van der Waals surface area (Å²) in [5.41, 5.74) is 1.63. The Bertz CT molecular complexity index is 596. The predicted molar refractivity (Wildman–Crippen MR) is 81.5 cm³/mol. The van der Waals surface area contributed by atoms with E-state index in [2.05, 4.69) is 15.9 Å². The maximum atomic E-state index is 10.8. The molecule has 2 aromatic rings. The average Bonchev–Trinajstić information content (AvgIpc) is 2.46. The summed E-state index contributed by atoms with van der Waals surface area (Å²) in [6.07, 6.45) is 0.792. The molecule has 20 heavy (non-hydrogen) atoms. The van der Waals surface area contributed by atoms with E-state index in [0.29, 0.717) is 30.3 Å². The van der Waals surface area contributed by atoms with Crippen LogP contribution in [-0.2, 0) is 6.61 Å². The zero-order chi connectivity index (χ0) is 14.4. The van der Waals surface area contributed by atoms with Crippen molar-refractivity contribution in [2.24, 2.45) is 0 Å². The van der Waals surface area contributed by atoms with E-state index in [4.69, 9.17) is 9.47 Å². The van der Waals surface area contributed by atoms with E-state index in [1.54, 1.807) is 18.2 Å². The smallest absolute Gasteiger partial charge is 0.161 e. The van der Waals surface area contributed by atoms with Crippen LogP contribution in [0.5, 0.6) is 11.5 Å². The first-order chi connectivity index (χ1) is 9.72. The number of hydrogen-bond donors (Lipinski definition) is 0. The van der Waals surface area contributed by atoms with Gasteiger partial charge in [-0.15, -0.1) is 0 Å². The summed E-state index contributed by atoms with van der Waals surface area (Å²) in [6, 6.07) is 13.1. The van der Waals surface area contributed by atoms with Gasteiger partial charge in [-0.05, 0) is 42.8 Å². The molecule has 0 heterocycles. The van der Waals surface area contributed by atoms with Gasteiger partial charge in [0.25, 0.3) is 0 Å². The lowest BCUT2D eigenvalue weighted by molar-refractivity contribution is 0.112. The summed E-state index contributed by atoms with van der Waals surface area (Å²) in [5, 5.41) is 0. The lowest BCUT2D eigenvalue weighted by Gasteiger charge is -2.12. The second-order valence-electron chi connectivity index (χ2n) is 4.18. The van der Waals surface area contributed by atoms with E-state index in [0.717, 1.165) is 16.3 Å². The van der Waals surface area contributed by atoms with E-state index >= 15 is 0 Å². The molecule has 0 saturated carbocycles. The van der Waals surface area contributed by atoms with Crippen molar-refractivity contribution in [2.75, 3.05) is 6.61 Å². The maximum absolute atomic E-state index is 10.8. The molecule has 0 aromatic heterocycles. The normalized spacial score (nSPS) is 10.1. The van der Waals surface area contributed by atoms with E-state index in [1.807, 2.05) is 31.2 Å². The van der Waals surface area contributed by atoms with Gasteiger partial charge in [-0.3, -0.25) is 4.79 Å². The van der Waals surface area contributed by atoms with Gasteiger partial charge in [0.2, 0.25) is 0 Å². The molecule has 3 nitrogen and oxygen atoms in total. The van der Waals surface area contributed by atoms with Crippen molar-refractivity contribution in [1.82, 2.24) is 0 Å². The largest absolute Gasteiger partial charge is 0.490 e. The van der Waals surface area contributed by atoms with Gasteiger partial charge < -0.3 is 9.47 Å². The van der Waals surface area contributed by atoms with Crippen LogP contribution >= 0.6 is 15.9 Å². The van der Waals surface area contributed by atoms with Crippen LogP contribution in [0.1, 0.15) is 22.8 Å². The van der Waals surface area contributed by atoms with Crippen molar-refractivity contribution in [3.63, 3.8) is 0 Å². The molecule has 2 rings (SSSR count). The van der Waals surface area contributed by atoms with Crippen molar-refractivity contribution in [3.05, 3.63) is 58.1 Å². The topological polar surface area (TPSA) is 35.5 Å². The summed E-state index contributed by atoms with van der Waals surface area (Å²) in [7, 11) is 0. The molecule has 0 radical (unpaired) electrons. The predicted octanol–water partition coefficient (Wildman–Crippen LogP) is 4.24. The van der Waals surface area contributed by atoms with Gasteiger partial charge >= 0.3 is 0 Å². The molecule has 0 unspecified atom stereocenters. The molecule has 0 saturated heterocycles. The van der Waals surface area contributed by atoms with Gasteiger partial charge in [-0.25, -0.2) is 0 Å². The highest BCUT2D eigenvalue weighted by Gasteiger charge is 2.07. The van der Waals surface area contributed by atoms with Gasteiger partial charge in [-0.2, -0.15) is 0 Å². The van der Waals surface area contributed by atoms with Crippen LogP contribution in [0.15, 0.2) is 46.9 Å². The SMILES string of the molecule is CCOc1cc(C=O)ccc1OCc1cccc(Br)c1. The molecule has 2 aromatic carbocycles. The number of ether oxygens (including phenoxy) is 2. The van der Waals surface area contributed by atoms with Crippen LogP contribution in [0, 0.1) is 0 Å². The van der Waals surface area contributed by atoms with Gasteiger partial charge in [0, 0.05) is 10.0 Å². The van der Waals surface area contributed by atoms with Crippen LogP contribution in [-0.4, -0.2) is 12.9 Å². The number of benzene rings is 2.